The molecule has 0 saturated carbocycles. The normalized spacial score (nSPS) is 10.5. The van der Waals surface area contributed by atoms with Gasteiger partial charge < -0.3 is 4.90 Å². The molecule has 100 valence electrons. The van der Waals surface area contributed by atoms with Crippen LogP contribution >= 0.6 is 11.3 Å². The second-order valence-corrected chi connectivity index (χ2v) is 5.34. The summed E-state index contributed by atoms with van der Waals surface area (Å²) in [6.07, 6.45) is 6.86. The molecule has 3 aromatic heterocycles. The topological polar surface area (TPSA) is 54.8 Å². The number of anilines is 1. The smallest absolute Gasteiger partial charge is 0.225 e. The molecule has 0 bridgehead atoms. The Hall–Kier alpha value is -2.34. The van der Waals surface area contributed by atoms with E-state index in [0.717, 1.165) is 21.8 Å². The first-order valence-electron chi connectivity index (χ1n) is 6.10. The van der Waals surface area contributed by atoms with Gasteiger partial charge in [-0.05, 0) is 11.4 Å². The summed E-state index contributed by atoms with van der Waals surface area (Å²) in [5.41, 5.74) is 2.56. The maximum absolute atomic E-state index is 4.65. The van der Waals surface area contributed by atoms with Crippen LogP contribution in [0.1, 0.15) is 0 Å². The molecule has 3 heterocycles. The van der Waals surface area contributed by atoms with E-state index in [0.29, 0.717) is 5.95 Å². The highest BCUT2D eigenvalue weighted by Crippen LogP contribution is 2.32. The SMILES string of the molecule is CN(C)c1ncc(-c2cnccn2)c(-c2cccs2)n1. The van der Waals surface area contributed by atoms with Crippen LogP contribution in [0.15, 0.2) is 42.3 Å². The highest BCUT2D eigenvalue weighted by Gasteiger charge is 2.14. The molecule has 0 saturated heterocycles. The maximum Gasteiger partial charge on any atom is 0.225 e. The Morgan fingerprint density at radius 3 is 2.65 bits per heavy atom. The zero-order valence-electron chi connectivity index (χ0n) is 11.2. The minimum atomic E-state index is 0.682. The van der Waals surface area contributed by atoms with Crippen LogP contribution in [0, 0.1) is 0 Å². The largest absolute Gasteiger partial charge is 0.347 e. The summed E-state index contributed by atoms with van der Waals surface area (Å²) in [4.78, 5) is 20.5. The second kappa shape index (κ2) is 5.34. The van der Waals surface area contributed by atoms with Gasteiger partial charge in [-0.2, -0.15) is 0 Å². The van der Waals surface area contributed by atoms with Gasteiger partial charge in [0.1, 0.15) is 0 Å². The molecule has 0 aliphatic rings. The summed E-state index contributed by atoms with van der Waals surface area (Å²) in [5.74, 6) is 0.682. The number of hydrogen-bond donors (Lipinski definition) is 0. The summed E-state index contributed by atoms with van der Waals surface area (Å²) >= 11 is 1.65. The first-order valence-corrected chi connectivity index (χ1v) is 6.98. The Bertz CT molecular complexity index is 695. The van der Waals surface area contributed by atoms with Crippen LogP contribution in [0.25, 0.3) is 21.8 Å². The quantitative estimate of drug-likeness (QED) is 0.739. The van der Waals surface area contributed by atoms with Crippen molar-refractivity contribution in [2.45, 2.75) is 0 Å². The molecule has 6 heteroatoms. The summed E-state index contributed by atoms with van der Waals surface area (Å²) in [6, 6.07) is 4.06. The molecular weight excluding hydrogens is 270 g/mol. The van der Waals surface area contributed by atoms with Crippen molar-refractivity contribution in [2.75, 3.05) is 19.0 Å². The van der Waals surface area contributed by atoms with Gasteiger partial charge in [-0.1, -0.05) is 6.07 Å². The number of rotatable bonds is 3. The molecule has 20 heavy (non-hydrogen) atoms. The number of hydrogen-bond acceptors (Lipinski definition) is 6. The van der Waals surface area contributed by atoms with E-state index in [1.165, 1.54) is 0 Å². The lowest BCUT2D eigenvalue weighted by atomic mass is 10.1. The van der Waals surface area contributed by atoms with Crippen molar-refractivity contribution >= 4 is 17.3 Å². The first kappa shape index (κ1) is 12.7. The Morgan fingerprint density at radius 1 is 1.10 bits per heavy atom. The molecular formula is C14H13N5S. The van der Waals surface area contributed by atoms with Crippen molar-refractivity contribution in [1.29, 1.82) is 0 Å². The van der Waals surface area contributed by atoms with Gasteiger partial charge in [0.15, 0.2) is 0 Å². The van der Waals surface area contributed by atoms with Crippen LogP contribution in [0.4, 0.5) is 5.95 Å². The predicted molar refractivity (Wildman–Crippen MR) is 80.7 cm³/mol. The summed E-state index contributed by atoms with van der Waals surface area (Å²) < 4.78 is 0. The minimum absolute atomic E-state index is 0.682. The minimum Gasteiger partial charge on any atom is -0.347 e. The molecule has 0 spiro atoms. The van der Waals surface area contributed by atoms with E-state index in [1.54, 1.807) is 36.1 Å². The van der Waals surface area contributed by atoms with E-state index < -0.39 is 0 Å². The average Bonchev–Trinajstić information content (AvgIpc) is 3.01. The van der Waals surface area contributed by atoms with E-state index in [4.69, 9.17) is 0 Å². The maximum atomic E-state index is 4.65. The van der Waals surface area contributed by atoms with Gasteiger partial charge >= 0.3 is 0 Å². The highest BCUT2D eigenvalue weighted by atomic mass is 32.1. The lowest BCUT2D eigenvalue weighted by molar-refractivity contribution is 1.00. The summed E-state index contributed by atoms with van der Waals surface area (Å²) in [7, 11) is 3.85. The standard InChI is InChI=1S/C14H13N5S/c1-19(2)14-17-8-10(11-9-15-5-6-16-11)13(18-14)12-4-3-7-20-12/h3-9H,1-2H3. The second-order valence-electron chi connectivity index (χ2n) is 4.39. The molecule has 0 aromatic carbocycles. The van der Waals surface area contributed by atoms with Gasteiger partial charge in [0.25, 0.3) is 0 Å². The highest BCUT2D eigenvalue weighted by molar-refractivity contribution is 7.13. The van der Waals surface area contributed by atoms with Crippen molar-refractivity contribution in [1.82, 2.24) is 19.9 Å². The van der Waals surface area contributed by atoms with Crippen LogP contribution in [0.5, 0.6) is 0 Å². The van der Waals surface area contributed by atoms with Crippen LogP contribution in [-0.2, 0) is 0 Å². The summed E-state index contributed by atoms with van der Waals surface area (Å²) in [6.45, 7) is 0. The molecule has 3 aromatic rings. The van der Waals surface area contributed by atoms with Gasteiger partial charge in [-0.25, -0.2) is 9.97 Å². The average molecular weight is 283 g/mol. The van der Waals surface area contributed by atoms with Gasteiger partial charge in [-0.3, -0.25) is 9.97 Å². The zero-order valence-corrected chi connectivity index (χ0v) is 12.0. The zero-order chi connectivity index (χ0) is 13.9. The third kappa shape index (κ3) is 2.37. The molecule has 3 rings (SSSR count). The van der Waals surface area contributed by atoms with Crippen LogP contribution in [-0.4, -0.2) is 34.0 Å². The molecule has 5 nitrogen and oxygen atoms in total. The third-order valence-electron chi connectivity index (χ3n) is 2.77. The van der Waals surface area contributed by atoms with Gasteiger partial charge in [0.2, 0.25) is 5.95 Å². The Kier molecular flexibility index (Phi) is 3.39. The molecule has 0 atom stereocenters. The van der Waals surface area contributed by atoms with E-state index in [1.807, 2.05) is 36.5 Å². The first-order chi connectivity index (χ1) is 9.75. The fourth-order valence-corrected chi connectivity index (χ4v) is 2.54. The van der Waals surface area contributed by atoms with E-state index in [9.17, 15) is 0 Å². The van der Waals surface area contributed by atoms with Gasteiger partial charge in [0.05, 0.1) is 22.5 Å². The number of thiophene rings is 1. The Balaban J connectivity index is 2.19. The lowest BCUT2D eigenvalue weighted by Gasteiger charge is -2.13. The van der Waals surface area contributed by atoms with E-state index in [-0.39, 0.29) is 0 Å². The third-order valence-corrected chi connectivity index (χ3v) is 3.65. The van der Waals surface area contributed by atoms with Crippen molar-refractivity contribution in [3.8, 4) is 21.8 Å². The van der Waals surface area contributed by atoms with Crippen LogP contribution in [0.2, 0.25) is 0 Å². The Labute approximate surface area is 121 Å². The molecule has 0 N–H and O–H groups in total. The predicted octanol–water partition coefficient (Wildman–Crippen LogP) is 2.73. The van der Waals surface area contributed by atoms with E-state index in [2.05, 4.69) is 19.9 Å². The molecule has 0 amide bonds. The summed E-state index contributed by atoms with van der Waals surface area (Å²) in [5, 5.41) is 2.03. The van der Waals surface area contributed by atoms with Gasteiger partial charge in [0, 0.05) is 38.2 Å². The lowest BCUT2D eigenvalue weighted by Crippen LogP contribution is -2.13. The van der Waals surface area contributed by atoms with Crippen molar-refractivity contribution in [2.24, 2.45) is 0 Å². The molecule has 0 aliphatic heterocycles. The fourth-order valence-electron chi connectivity index (χ4n) is 1.81. The molecule has 0 radical (unpaired) electrons. The monoisotopic (exact) mass is 283 g/mol. The van der Waals surface area contributed by atoms with Crippen LogP contribution < -0.4 is 4.90 Å². The number of nitrogens with zero attached hydrogens (tertiary/aromatic N) is 5. The van der Waals surface area contributed by atoms with Crippen LogP contribution in [0.3, 0.4) is 0 Å². The van der Waals surface area contributed by atoms with Crippen molar-refractivity contribution in [3.05, 3.63) is 42.3 Å². The molecule has 0 unspecified atom stereocenters. The Morgan fingerprint density at radius 2 is 2.00 bits per heavy atom. The van der Waals surface area contributed by atoms with Crippen molar-refractivity contribution in [3.63, 3.8) is 0 Å². The van der Waals surface area contributed by atoms with E-state index >= 15 is 0 Å². The van der Waals surface area contributed by atoms with Gasteiger partial charge in [-0.15, -0.1) is 11.3 Å². The van der Waals surface area contributed by atoms with Crippen molar-refractivity contribution < 1.29 is 0 Å². The molecule has 0 aliphatic carbocycles. The molecule has 0 fully saturated rings. The fraction of sp³-hybridized carbons (Fsp3) is 0.143. The number of aromatic nitrogens is 4.